The monoisotopic (exact) mass is 767 g/mol. The van der Waals surface area contributed by atoms with Gasteiger partial charge in [-0.3, -0.25) is 34.0 Å². The van der Waals surface area contributed by atoms with E-state index >= 15 is 0 Å². The smallest absolute Gasteiger partial charge is 0.471 e. The second-order valence-electron chi connectivity index (χ2n) is 14.5. The number of halogens is 3. The highest BCUT2D eigenvalue weighted by molar-refractivity contribution is 8.00. The number of amides is 3. The number of thioether (sulfide) groups is 1. The predicted octanol–water partition coefficient (Wildman–Crippen LogP) is 0.711. The lowest BCUT2D eigenvalue weighted by Crippen LogP contribution is -2.53. The number of alkyl halides is 3. The number of nitrogens with one attached hydrogen (secondary N) is 2. The van der Waals surface area contributed by atoms with Crippen molar-refractivity contribution in [2.45, 2.75) is 93.4 Å². The molecule has 0 spiro atoms. The number of unbranched alkanes of at least 4 members (excludes halogenated alkanes) is 2. The number of nitrogens with zero attached hydrogens (tertiary/aromatic N) is 5. The van der Waals surface area contributed by atoms with Crippen LogP contribution in [0, 0.1) is 5.92 Å². The normalized spacial score (nSPS) is 29.1. The van der Waals surface area contributed by atoms with Crippen LogP contribution >= 0.6 is 11.8 Å². The van der Waals surface area contributed by atoms with Crippen molar-refractivity contribution in [3.63, 3.8) is 0 Å². The minimum Gasteiger partial charge on any atom is -0.480 e. The van der Waals surface area contributed by atoms with Gasteiger partial charge in [-0.05, 0) is 50.9 Å². The highest BCUT2D eigenvalue weighted by atomic mass is 32.2. The van der Waals surface area contributed by atoms with Crippen molar-refractivity contribution in [1.29, 1.82) is 0 Å². The predicted molar refractivity (Wildman–Crippen MR) is 186 cm³/mol. The van der Waals surface area contributed by atoms with Gasteiger partial charge in [0.15, 0.2) is 0 Å². The van der Waals surface area contributed by atoms with Gasteiger partial charge in [-0.1, -0.05) is 12.8 Å². The molecule has 298 valence electrons. The Hall–Kier alpha value is -2.42. The van der Waals surface area contributed by atoms with Crippen molar-refractivity contribution in [2.75, 3.05) is 84.7 Å². The Bertz CT molecular complexity index is 1180. The molecule has 6 N–H and O–H groups in total. The summed E-state index contributed by atoms with van der Waals surface area (Å²) in [6.45, 7) is 1.28. The van der Waals surface area contributed by atoms with Gasteiger partial charge in [-0.15, -0.1) is 0 Å². The van der Waals surface area contributed by atoms with E-state index in [1.165, 1.54) is 0 Å². The van der Waals surface area contributed by atoms with Gasteiger partial charge in [0, 0.05) is 75.4 Å². The molecule has 1 aliphatic carbocycles. The molecule has 0 aromatic rings. The zero-order valence-electron chi connectivity index (χ0n) is 29.7. The molecule has 3 heterocycles. The van der Waals surface area contributed by atoms with Gasteiger partial charge in [-0.2, -0.15) is 24.9 Å². The summed E-state index contributed by atoms with van der Waals surface area (Å²) in [6.07, 6.45) is -0.00472. The Balaban J connectivity index is 1.38. The molecule has 3 amide bonds. The number of carbonyl (C=O) groups excluding carboxylic acids is 2. The van der Waals surface area contributed by atoms with Crippen molar-refractivity contribution in [1.82, 2.24) is 35.1 Å². The molecule has 3 saturated heterocycles. The molecule has 0 aromatic carbocycles. The van der Waals surface area contributed by atoms with Crippen LogP contribution in [0.4, 0.5) is 18.0 Å². The van der Waals surface area contributed by atoms with Crippen LogP contribution in [-0.4, -0.2) is 189 Å². The lowest BCUT2D eigenvalue weighted by Gasteiger charge is -2.41. The summed E-state index contributed by atoms with van der Waals surface area (Å²) in [4.78, 5) is 56.1. The van der Waals surface area contributed by atoms with Crippen LogP contribution in [0.3, 0.4) is 0 Å². The van der Waals surface area contributed by atoms with E-state index in [4.69, 9.17) is 0 Å². The zero-order valence-corrected chi connectivity index (χ0v) is 30.5. The summed E-state index contributed by atoms with van der Waals surface area (Å²) in [5.74, 6) is -3.08. The average Bonchev–Trinajstić information content (AvgIpc) is 3.64. The molecule has 52 heavy (non-hydrogen) atoms. The number of hydrogen-bond donors (Lipinski definition) is 6. The van der Waals surface area contributed by atoms with Crippen LogP contribution in [0.2, 0.25) is 0 Å². The van der Waals surface area contributed by atoms with Crippen molar-refractivity contribution in [3.8, 4) is 0 Å². The number of carboxylic acids is 2. The Morgan fingerprint density at radius 2 is 1.44 bits per heavy atom. The lowest BCUT2D eigenvalue weighted by molar-refractivity contribution is -0.188. The molecular weight excluding hydrogens is 711 g/mol. The van der Waals surface area contributed by atoms with Crippen LogP contribution in [0.1, 0.15) is 57.8 Å². The Labute approximate surface area is 307 Å². The first-order chi connectivity index (χ1) is 24.8. The summed E-state index contributed by atoms with van der Waals surface area (Å²) in [5, 5.41) is 45.3. The number of hydrogen-bond acceptors (Lipinski definition) is 11. The molecule has 0 bridgehead atoms. The van der Waals surface area contributed by atoms with E-state index in [0.717, 1.165) is 23.5 Å². The van der Waals surface area contributed by atoms with E-state index in [-0.39, 0.29) is 75.5 Å². The highest BCUT2D eigenvalue weighted by Gasteiger charge is 2.45. The number of carbonyl (C=O) groups is 4. The van der Waals surface area contributed by atoms with Crippen LogP contribution in [-0.2, 0) is 14.4 Å². The van der Waals surface area contributed by atoms with Gasteiger partial charge < -0.3 is 36.0 Å². The van der Waals surface area contributed by atoms with Crippen molar-refractivity contribution in [2.24, 2.45) is 5.92 Å². The first-order valence-corrected chi connectivity index (χ1v) is 19.4. The van der Waals surface area contributed by atoms with Gasteiger partial charge in [0.05, 0.1) is 38.6 Å². The third-order valence-corrected chi connectivity index (χ3v) is 12.5. The average molecular weight is 768 g/mol. The van der Waals surface area contributed by atoms with E-state index in [1.54, 1.807) is 31.4 Å². The number of carboxylic acid groups (broad SMARTS) is 2. The highest BCUT2D eigenvalue weighted by Crippen LogP contribution is 2.35. The Kier molecular flexibility index (Phi) is 16.5. The van der Waals surface area contributed by atoms with Crippen LogP contribution in [0.5, 0.6) is 0 Å². The fraction of sp³-hybridized carbons (Fsp3) is 0.879. The van der Waals surface area contributed by atoms with Crippen LogP contribution < -0.4 is 10.6 Å². The SMILES string of the molecule is O=C(O)CN1CCN(CO)CCN(CO)CCN(CC(=O)O)C(CC2CCC(N(CCCCCC3SCC4NC(=O)NC43)C(=O)C(F)(F)F)CC2)C1. The quantitative estimate of drug-likeness (QED) is 0.101. The van der Waals surface area contributed by atoms with Gasteiger partial charge in [0.25, 0.3) is 0 Å². The molecule has 0 radical (unpaired) electrons. The second kappa shape index (κ2) is 20.3. The van der Waals surface area contributed by atoms with Crippen molar-refractivity contribution >= 4 is 35.6 Å². The minimum absolute atomic E-state index is 0.00120. The van der Waals surface area contributed by atoms with Gasteiger partial charge in [0.1, 0.15) is 0 Å². The molecule has 19 heteroatoms. The van der Waals surface area contributed by atoms with Crippen molar-refractivity contribution in [3.05, 3.63) is 0 Å². The van der Waals surface area contributed by atoms with Gasteiger partial charge in [0.2, 0.25) is 0 Å². The molecule has 0 aromatic heterocycles. The van der Waals surface area contributed by atoms with Gasteiger partial charge in [-0.25, -0.2) is 4.79 Å². The molecule has 4 unspecified atom stereocenters. The first-order valence-electron chi connectivity index (χ1n) is 18.4. The maximum absolute atomic E-state index is 13.8. The van der Waals surface area contributed by atoms with E-state index < -0.39 is 36.1 Å². The fourth-order valence-electron chi connectivity index (χ4n) is 8.11. The molecule has 15 nitrogen and oxygen atoms in total. The van der Waals surface area contributed by atoms with E-state index in [2.05, 4.69) is 10.6 Å². The number of aliphatic hydroxyl groups excluding tert-OH is 2. The third kappa shape index (κ3) is 12.9. The summed E-state index contributed by atoms with van der Waals surface area (Å²) in [6, 6.07) is -0.973. The summed E-state index contributed by atoms with van der Waals surface area (Å²) in [5.41, 5.74) is 0. The number of urea groups is 1. The maximum atomic E-state index is 13.8. The number of aliphatic carboxylic acids is 2. The van der Waals surface area contributed by atoms with E-state index in [1.807, 2.05) is 0 Å². The molecule has 4 aliphatic rings. The topological polar surface area (TPSA) is 189 Å². The third-order valence-electron chi connectivity index (χ3n) is 10.9. The Morgan fingerprint density at radius 3 is 2.04 bits per heavy atom. The van der Waals surface area contributed by atoms with Gasteiger partial charge >= 0.3 is 30.1 Å². The second-order valence-corrected chi connectivity index (χ2v) is 15.8. The number of aliphatic hydroxyl groups is 2. The summed E-state index contributed by atoms with van der Waals surface area (Å²) < 4.78 is 41.3. The lowest BCUT2D eigenvalue weighted by atomic mass is 9.81. The molecule has 4 fully saturated rings. The van der Waals surface area contributed by atoms with Crippen LogP contribution in [0.15, 0.2) is 0 Å². The number of fused-ring (bicyclic) bond motifs is 1. The summed E-state index contributed by atoms with van der Waals surface area (Å²) >= 11 is 1.78. The van der Waals surface area contributed by atoms with Crippen LogP contribution in [0.25, 0.3) is 0 Å². The molecule has 3 aliphatic heterocycles. The standard InChI is InChI=1S/C33H56F3N7O8S/c34-33(35,36)31(50)43(9-3-1-2-4-27-30-26(20-52-27)37-32(51)38-30)24-7-5-23(6-8-24)16-25-17-41(18-28(46)47)13-12-39(21-44)10-11-40(22-45)14-15-42(25)19-29(48)49/h23-27,30,44-45H,1-22H2,(H,46,47)(H,48,49)(H2,37,38,51). The minimum atomic E-state index is -4.99. The molecule has 4 atom stereocenters. The Morgan fingerprint density at radius 1 is 0.827 bits per heavy atom. The molecular formula is C33H56F3N7O8S. The summed E-state index contributed by atoms with van der Waals surface area (Å²) in [7, 11) is 0. The number of rotatable bonds is 15. The van der Waals surface area contributed by atoms with E-state index in [0.29, 0.717) is 77.7 Å². The largest absolute Gasteiger partial charge is 0.480 e. The molecule has 4 rings (SSSR count). The maximum Gasteiger partial charge on any atom is 0.471 e. The first kappa shape index (κ1) is 42.3. The van der Waals surface area contributed by atoms with E-state index in [9.17, 15) is 52.8 Å². The molecule has 1 saturated carbocycles. The fourth-order valence-corrected chi connectivity index (χ4v) is 9.65. The zero-order chi connectivity index (χ0) is 37.8. The van der Waals surface area contributed by atoms with Crippen molar-refractivity contribution < 1.29 is 52.8 Å².